The second kappa shape index (κ2) is 7.09. The smallest absolute Gasteiger partial charge is 0.339 e. The Labute approximate surface area is 154 Å². The molecule has 3 aromatic rings. The van der Waals surface area contributed by atoms with Crippen molar-refractivity contribution in [1.82, 2.24) is 15.0 Å². The Bertz CT molecular complexity index is 976. The molecule has 0 aliphatic rings. The highest BCUT2D eigenvalue weighted by Crippen LogP contribution is 2.31. The molecular weight excluding hydrogens is 352 g/mol. The van der Waals surface area contributed by atoms with Crippen molar-refractivity contribution in [1.29, 1.82) is 0 Å². The number of carbonyl (C=O) groups excluding carboxylic acids is 2. The SMILES string of the molecule is COC(=O)c1c(C)[nH]c(C(=O)Nc2nc(C)c(-c3ccccn3)s2)c1C. The number of aryl methyl sites for hydroxylation is 2. The number of amides is 1. The van der Waals surface area contributed by atoms with Crippen molar-refractivity contribution in [3.8, 4) is 10.6 Å². The summed E-state index contributed by atoms with van der Waals surface area (Å²) in [5.74, 6) is -0.833. The average Bonchev–Trinajstić information content (AvgIpc) is 3.14. The molecule has 2 N–H and O–H groups in total. The van der Waals surface area contributed by atoms with Crippen molar-refractivity contribution in [3.63, 3.8) is 0 Å². The van der Waals surface area contributed by atoms with Crippen LogP contribution in [0.2, 0.25) is 0 Å². The Kier molecular flexibility index (Phi) is 4.85. The fourth-order valence-electron chi connectivity index (χ4n) is 2.73. The summed E-state index contributed by atoms with van der Waals surface area (Å²) in [5.41, 5.74) is 3.42. The van der Waals surface area contributed by atoms with E-state index in [0.717, 1.165) is 16.3 Å². The highest BCUT2D eigenvalue weighted by atomic mass is 32.1. The van der Waals surface area contributed by atoms with E-state index in [-0.39, 0.29) is 5.91 Å². The molecule has 0 aromatic carbocycles. The van der Waals surface area contributed by atoms with Gasteiger partial charge in [0.2, 0.25) is 0 Å². The predicted molar refractivity (Wildman–Crippen MR) is 99.6 cm³/mol. The van der Waals surface area contributed by atoms with Gasteiger partial charge in [0, 0.05) is 11.9 Å². The fourth-order valence-corrected chi connectivity index (χ4v) is 3.67. The molecular formula is C18H18N4O3S. The summed E-state index contributed by atoms with van der Waals surface area (Å²) in [7, 11) is 1.31. The van der Waals surface area contributed by atoms with Gasteiger partial charge in [-0.2, -0.15) is 0 Å². The lowest BCUT2D eigenvalue weighted by molar-refractivity contribution is 0.0599. The number of H-pyrrole nitrogens is 1. The summed E-state index contributed by atoms with van der Waals surface area (Å²) in [6.45, 7) is 5.30. The maximum Gasteiger partial charge on any atom is 0.339 e. The normalized spacial score (nSPS) is 10.6. The molecule has 0 bridgehead atoms. The third kappa shape index (κ3) is 3.23. The Morgan fingerprint density at radius 2 is 2.00 bits per heavy atom. The van der Waals surface area contributed by atoms with Gasteiger partial charge in [0.1, 0.15) is 5.69 Å². The van der Waals surface area contributed by atoms with Crippen LogP contribution in [-0.2, 0) is 4.74 Å². The number of pyridine rings is 1. The number of rotatable bonds is 4. The summed E-state index contributed by atoms with van der Waals surface area (Å²) in [5, 5.41) is 3.26. The van der Waals surface area contributed by atoms with Gasteiger partial charge in [-0.15, -0.1) is 0 Å². The van der Waals surface area contributed by atoms with E-state index < -0.39 is 5.97 Å². The van der Waals surface area contributed by atoms with E-state index in [0.29, 0.717) is 27.6 Å². The first-order valence-corrected chi connectivity index (χ1v) is 8.71. The van der Waals surface area contributed by atoms with Gasteiger partial charge in [0.05, 0.1) is 28.9 Å². The first-order chi connectivity index (χ1) is 12.4. The zero-order valence-electron chi connectivity index (χ0n) is 14.8. The molecule has 3 heterocycles. The Balaban J connectivity index is 1.87. The van der Waals surface area contributed by atoms with Crippen LogP contribution < -0.4 is 5.32 Å². The van der Waals surface area contributed by atoms with Gasteiger partial charge in [0.15, 0.2) is 5.13 Å². The number of aromatic nitrogens is 3. The molecule has 0 fully saturated rings. The Hall–Kier alpha value is -3.00. The van der Waals surface area contributed by atoms with Crippen molar-refractivity contribution < 1.29 is 14.3 Å². The topological polar surface area (TPSA) is 97.0 Å². The summed E-state index contributed by atoms with van der Waals surface area (Å²) >= 11 is 1.35. The third-order valence-corrected chi connectivity index (χ3v) is 5.06. The van der Waals surface area contributed by atoms with Crippen LogP contribution >= 0.6 is 11.3 Å². The highest BCUT2D eigenvalue weighted by molar-refractivity contribution is 7.19. The van der Waals surface area contributed by atoms with Crippen molar-refractivity contribution in [2.24, 2.45) is 0 Å². The van der Waals surface area contributed by atoms with Crippen molar-refractivity contribution in [3.05, 3.63) is 52.6 Å². The summed E-state index contributed by atoms with van der Waals surface area (Å²) in [6.07, 6.45) is 1.71. The van der Waals surface area contributed by atoms with E-state index in [4.69, 9.17) is 4.74 Å². The average molecular weight is 370 g/mol. The molecule has 3 aromatic heterocycles. The number of ether oxygens (including phenoxy) is 1. The minimum Gasteiger partial charge on any atom is -0.465 e. The van der Waals surface area contributed by atoms with Crippen LogP contribution in [0.1, 0.15) is 37.8 Å². The molecule has 134 valence electrons. The Morgan fingerprint density at radius 3 is 2.65 bits per heavy atom. The molecule has 0 aliphatic carbocycles. The lowest BCUT2D eigenvalue weighted by atomic mass is 10.1. The van der Waals surface area contributed by atoms with Gasteiger partial charge < -0.3 is 9.72 Å². The minimum absolute atomic E-state index is 0.315. The number of hydrogen-bond donors (Lipinski definition) is 2. The largest absolute Gasteiger partial charge is 0.465 e. The van der Waals surface area contributed by atoms with Crippen LogP contribution in [0, 0.1) is 20.8 Å². The highest BCUT2D eigenvalue weighted by Gasteiger charge is 2.23. The lowest BCUT2D eigenvalue weighted by Gasteiger charge is -2.02. The van der Waals surface area contributed by atoms with Crippen LogP contribution in [0.15, 0.2) is 24.4 Å². The maximum absolute atomic E-state index is 12.6. The number of carbonyl (C=O) groups is 2. The van der Waals surface area contributed by atoms with Crippen molar-refractivity contribution in [2.75, 3.05) is 12.4 Å². The van der Waals surface area contributed by atoms with Gasteiger partial charge in [-0.05, 0) is 38.5 Å². The molecule has 0 saturated heterocycles. The van der Waals surface area contributed by atoms with Gasteiger partial charge in [0.25, 0.3) is 5.91 Å². The first kappa shape index (κ1) is 17.8. The van der Waals surface area contributed by atoms with E-state index in [1.54, 1.807) is 20.0 Å². The quantitative estimate of drug-likeness (QED) is 0.685. The maximum atomic E-state index is 12.6. The summed E-state index contributed by atoms with van der Waals surface area (Å²) in [6, 6.07) is 5.64. The molecule has 3 rings (SSSR count). The van der Waals surface area contributed by atoms with Gasteiger partial charge in [-0.3, -0.25) is 15.1 Å². The number of nitrogens with zero attached hydrogens (tertiary/aromatic N) is 2. The number of nitrogens with one attached hydrogen (secondary N) is 2. The third-order valence-electron chi connectivity index (χ3n) is 3.97. The van der Waals surface area contributed by atoms with Crippen LogP contribution in [-0.4, -0.2) is 33.9 Å². The second-order valence-electron chi connectivity index (χ2n) is 5.72. The van der Waals surface area contributed by atoms with Gasteiger partial charge >= 0.3 is 5.97 Å². The number of aromatic amines is 1. The number of hydrogen-bond acceptors (Lipinski definition) is 6. The molecule has 0 spiro atoms. The molecule has 0 unspecified atom stereocenters. The molecule has 0 aliphatic heterocycles. The zero-order valence-corrected chi connectivity index (χ0v) is 15.7. The van der Waals surface area contributed by atoms with Crippen LogP contribution in [0.3, 0.4) is 0 Å². The second-order valence-corrected chi connectivity index (χ2v) is 6.72. The van der Waals surface area contributed by atoms with Crippen LogP contribution in [0.25, 0.3) is 10.6 Å². The van der Waals surface area contributed by atoms with E-state index in [9.17, 15) is 9.59 Å². The molecule has 0 atom stereocenters. The number of esters is 1. The monoisotopic (exact) mass is 370 g/mol. The van der Waals surface area contributed by atoms with Crippen LogP contribution in [0.5, 0.6) is 0 Å². The number of thiazole rings is 1. The zero-order chi connectivity index (χ0) is 18.8. The fraction of sp³-hybridized carbons (Fsp3) is 0.222. The van der Waals surface area contributed by atoms with E-state index >= 15 is 0 Å². The molecule has 26 heavy (non-hydrogen) atoms. The molecule has 1 amide bonds. The van der Waals surface area contributed by atoms with Crippen molar-refractivity contribution >= 4 is 28.3 Å². The minimum atomic E-state index is -0.474. The van der Waals surface area contributed by atoms with Gasteiger partial charge in [-0.25, -0.2) is 9.78 Å². The number of methoxy groups -OCH3 is 1. The molecule has 0 saturated carbocycles. The summed E-state index contributed by atoms with van der Waals surface area (Å²) < 4.78 is 4.77. The van der Waals surface area contributed by atoms with E-state index in [1.165, 1.54) is 18.4 Å². The van der Waals surface area contributed by atoms with E-state index in [2.05, 4.69) is 20.3 Å². The standard InChI is InChI=1S/C18H18N4O3S/c1-9-13(17(24)25-4)10(2)20-14(9)16(23)22-18-21-11(3)15(26-18)12-7-5-6-8-19-12/h5-8,20H,1-4H3,(H,21,22,23). The number of anilines is 1. The lowest BCUT2D eigenvalue weighted by Crippen LogP contribution is -2.14. The first-order valence-electron chi connectivity index (χ1n) is 7.90. The van der Waals surface area contributed by atoms with Gasteiger partial charge in [-0.1, -0.05) is 17.4 Å². The Morgan fingerprint density at radius 1 is 1.23 bits per heavy atom. The predicted octanol–water partition coefficient (Wildman–Crippen LogP) is 3.50. The molecule has 8 heteroatoms. The summed E-state index contributed by atoms with van der Waals surface area (Å²) in [4.78, 5) is 37.1. The van der Waals surface area contributed by atoms with E-state index in [1.807, 2.05) is 25.1 Å². The molecule has 0 radical (unpaired) electrons. The van der Waals surface area contributed by atoms with Crippen LogP contribution in [0.4, 0.5) is 5.13 Å². The molecule has 7 nitrogen and oxygen atoms in total. The van der Waals surface area contributed by atoms with Crippen molar-refractivity contribution in [2.45, 2.75) is 20.8 Å².